The number of carbonyl (C=O) groups is 1. The maximum Gasteiger partial charge on any atom is 0.259 e. The van der Waals surface area contributed by atoms with Crippen LogP contribution in [0.3, 0.4) is 0 Å². The minimum atomic E-state index is -0.154. The predicted octanol–water partition coefficient (Wildman–Crippen LogP) is 2.96. The molecule has 5 rings (SSSR count). The van der Waals surface area contributed by atoms with E-state index < -0.39 is 0 Å². The second-order valence-corrected chi connectivity index (χ2v) is 9.43. The smallest absolute Gasteiger partial charge is 0.259 e. The number of thiophene rings is 1. The third-order valence-electron chi connectivity index (χ3n) is 5.89. The summed E-state index contributed by atoms with van der Waals surface area (Å²) in [6, 6.07) is 5.57. The maximum atomic E-state index is 12.7. The van der Waals surface area contributed by atoms with Crippen LogP contribution in [0.4, 0.5) is 5.69 Å². The number of hydrogen-bond acceptors (Lipinski definition) is 7. The van der Waals surface area contributed by atoms with Crippen molar-refractivity contribution in [3.63, 3.8) is 0 Å². The van der Waals surface area contributed by atoms with E-state index in [1.807, 2.05) is 25.1 Å². The second kappa shape index (κ2) is 8.27. The second-order valence-electron chi connectivity index (χ2n) is 8.35. The van der Waals surface area contributed by atoms with Crippen molar-refractivity contribution in [1.82, 2.24) is 30.2 Å². The van der Waals surface area contributed by atoms with Gasteiger partial charge in [-0.2, -0.15) is 0 Å². The van der Waals surface area contributed by atoms with Gasteiger partial charge in [0, 0.05) is 23.4 Å². The van der Waals surface area contributed by atoms with Crippen LogP contribution in [0.2, 0.25) is 0 Å². The molecule has 1 unspecified atom stereocenters. The van der Waals surface area contributed by atoms with Gasteiger partial charge in [-0.3, -0.25) is 9.59 Å². The molecule has 1 amide bonds. The Morgan fingerprint density at radius 3 is 3.06 bits per heavy atom. The van der Waals surface area contributed by atoms with Gasteiger partial charge in [-0.05, 0) is 65.8 Å². The zero-order valence-corrected chi connectivity index (χ0v) is 18.7. The van der Waals surface area contributed by atoms with Crippen LogP contribution in [0.15, 0.2) is 29.3 Å². The lowest BCUT2D eigenvalue weighted by atomic mass is 9.89. The molecule has 3 heterocycles. The molecule has 1 aliphatic carbocycles. The SMILES string of the molecule is Cc1ccc(NC(=O)CCc2nc3sc4c(c3c(=O)[nH]2)CCC(C)C4)cc1-n1cnnn1. The molecule has 0 saturated heterocycles. The van der Waals surface area contributed by atoms with E-state index in [0.29, 0.717) is 23.9 Å². The lowest BCUT2D eigenvalue weighted by Gasteiger charge is -2.17. The minimum absolute atomic E-state index is 0.0953. The first-order valence-electron chi connectivity index (χ1n) is 10.6. The quantitative estimate of drug-likeness (QED) is 0.484. The molecule has 4 aromatic rings. The molecule has 2 N–H and O–H groups in total. The molecule has 32 heavy (non-hydrogen) atoms. The number of aromatic nitrogens is 6. The number of anilines is 1. The lowest BCUT2D eigenvalue weighted by molar-refractivity contribution is -0.116. The Labute approximate surface area is 187 Å². The molecular weight excluding hydrogens is 426 g/mol. The van der Waals surface area contributed by atoms with Crippen LogP contribution >= 0.6 is 11.3 Å². The number of nitrogens with one attached hydrogen (secondary N) is 2. The number of hydrogen-bond donors (Lipinski definition) is 2. The molecule has 0 spiro atoms. The van der Waals surface area contributed by atoms with E-state index in [2.05, 4.69) is 37.7 Å². The number of tetrazole rings is 1. The van der Waals surface area contributed by atoms with Gasteiger partial charge in [-0.15, -0.1) is 16.4 Å². The zero-order chi connectivity index (χ0) is 22.2. The summed E-state index contributed by atoms with van der Waals surface area (Å²) in [5.41, 5.74) is 3.50. The fraction of sp³-hybridized carbons (Fsp3) is 0.364. The van der Waals surface area contributed by atoms with Crippen molar-refractivity contribution in [2.75, 3.05) is 5.32 Å². The highest BCUT2D eigenvalue weighted by molar-refractivity contribution is 7.18. The van der Waals surface area contributed by atoms with Gasteiger partial charge < -0.3 is 10.3 Å². The largest absolute Gasteiger partial charge is 0.326 e. The van der Waals surface area contributed by atoms with Crippen LogP contribution in [0.5, 0.6) is 0 Å². The van der Waals surface area contributed by atoms with E-state index in [1.165, 1.54) is 16.8 Å². The summed E-state index contributed by atoms with van der Waals surface area (Å²) in [6.45, 7) is 4.19. The van der Waals surface area contributed by atoms with E-state index in [0.717, 1.165) is 40.7 Å². The first-order chi connectivity index (χ1) is 15.5. The fourth-order valence-electron chi connectivity index (χ4n) is 4.17. The van der Waals surface area contributed by atoms with Crippen LogP contribution in [0.25, 0.3) is 15.9 Å². The van der Waals surface area contributed by atoms with Crippen molar-refractivity contribution in [2.45, 2.75) is 46.0 Å². The summed E-state index contributed by atoms with van der Waals surface area (Å²) in [6.07, 6.45) is 5.14. The molecule has 1 aliphatic rings. The van der Waals surface area contributed by atoms with Crippen molar-refractivity contribution >= 4 is 33.1 Å². The summed E-state index contributed by atoms with van der Waals surface area (Å²) in [4.78, 5) is 34.9. The number of benzene rings is 1. The third kappa shape index (κ3) is 3.93. The molecule has 10 heteroatoms. The Morgan fingerprint density at radius 2 is 2.25 bits per heavy atom. The Kier molecular flexibility index (Phi) is 5.30. The van der Waals surface area contributed by atoms with Crippen LogP contribution in [0.1, 0.15) is 41.6 Å². The molecule has 9 nitrogen and oxygen atoms in total. The number of amides is 1. The van der Waals surface area contributed by atoms with Crippen molar-refractivity contribution in [3.05, 3.63) is 56.7 Å². The Bertz CT molecular complexity index is 1360. The normalized spacial score (nSPS) is 15.6. The summed E-state index contributed by atoms with van der Waals surface area (Å²) in [5, 5.41) is 14.9. The molecule has 0 aliphatic heterocycles. The highest BCUT2D eigenvalue weighted by Gasteiger charge is 2.23. The molecule has 0 saturated carbocycles. The number of nitrogens with zero attached hydrogens (tertiary/aromatic N) is 5. The maximum absolute atomic E-state index is 12.7. The van der Waals surface area contributed by atoms with Crippen molar-refractivity contribution in [1.29, 1.82) is 0 Å². The Morgan fingerprint density at radius 1 is 1.38 bits per heavy atom. The molecule has 164 valence electrons. The van der Waals surface area contributed by atoms with Gasteiger partial charge in [-0.25, -0.2) is 9.67 Å². The van der Waals surface area contributed by atoms with Gasteiger partial charge in [0.2, 0.25) is 5.91 Å². The Balaban J connectivity index is 1.29. The van der Waals surface area contributed by atoms with E-state index in [4.69, 9.17) is 0 Å². The predicted molar refractivity (Wildman–Crippen MR) is 122 cm³/mol. The highest BCUT2D eigenvalue weighted by atomic mass is 32.1. The van der Waals surface area contributed by atoms with Crippen LogP contribution in [-0.2, 0) is 24.1 Å². The van der Waals surface area contributed by atoms with Crippen LogP contribution in [-0.4, -0.2) is 36.1 Å². The van der Waals surface area contributed by atoms with Crippen LogP contribution < -0.4 is 10.9 Å². The Hall–Kier alpha value is -3.40. The monoisotopic (exact) mass is 449 g/mol. The summed E-state index contributed by atoms with van der Waals surface area (Å²) in [5.74, 6) is 1.03. The summed E-state index contributed by atoms with van der Waals surface area (Å²) in [7, 11) is 0. The number of carbonyl (C=O) groups excluding carboxylic acids is 1. The van der Waals surface area contributed by atoms with E-state index in [9.17, 15) is 9.59 Å². The number of rotatable bonds is 5. The molecule has 0 fully saturated rings. The molecule has 3 aromatic heterocycles. The molecule has 0 bridgehead atoms. The minimum Gasteiger partial charge on any atom is -0.326 e. The van der Waals surface area contributed by atoms with Crippen molar-refractivity contribution in [3.8, 4) is 5.69 Å². The van der Waals surface area contributed by atoms with Gasteiger partial charge in [0.25, 0.3) is 5.56 Å². The number of aryl methyl sites for hydroxylation is 3. The fourth-order valence-corrected chi connectivity index (χ4v) is 5.58. The lowest BCUT2D eigenvalue weighted by Crippen LogP contribution is -2.17. The number of fused-ring (bicyclic) bond motifs is 3. The van der Waals surface area contributed by atoms with E-state index >= 15 is 0 Å². The van der Waals surface area contributed by atoms with Gasteiger partial charge in [-0.1, -0.05) is 13.0 Å². The van der Waals surface area contributed by atoms with Crippen LogP contribution in [0, 0.1) is 12.8 Å². The third-order valence-corrected chi connectivity index (χ3v) is 7.04. The average Bonchev–Trinajstić information content (AvgIpc) is 3.41. The molecule has 0 radical (unpaired) electrons. The van der Waals surface area contributed by atoms with Gasteiger partial charge in [0.1, 0.15) is 17.0 Å². The highest BCUT2D eigenvalue weighted by Crippen LogP contribution is 2.35. The zero-order valence-electron chi connectivity index (χ0n) is 17.9. The molecular formula is C22H23N7O2S. The van der Waals surface area contributed by atoms with Crippen molar-refractivity contribution in [2.24, 2.45) is 5.92 Å². The summed E-state index contributed by atoms with van der Waals surface area (Å²) < 4.78 is 1.55. The summed E-state index contributed by atoms with van der Waals surface area (Å²) >= 11 is 1.62. The number of H-pyrrole nitrogens is 1. The van der Waals surface area contributed by atoms with E-state index in [1.54, 1.807) is 16.0 Å². The van der Waals surface area contributed by atoms with Crippen molar-refractivity contribution < 1.29 is 4.79 Å². The van der Waals surface area contributed by atoms with Gasteiger partial charge in [0.05, 0.1) is 11.1 Å². The average molecular weight is 450 g/mol. The molecule has 1 atom stereocenters. The number of aromatic amines is 1. The topological polar surface area (TPSA) is 118 Å². The first-order valence-corrected chi connectivity index (χ1v) is 11.5. The van der Waals surface area contributed by atoms with Gasteiger partial charge in [0.15, 0.2) is 0 Å². The van der Waals surface area contributed by atoms with Gasteiger partial charge >= 0.3 is 0 Å². The molecule has 1 aromatic carbocycles. The first kappa shape index (κ1) is 20.5. The van der Waals surface area contributed by atoms with E-state index in [-0.39, 0.29) is 17.9 Å². The standard InChI is InChI=1S/C22H23N7O2S/c1-12-3-6-15-17(9-12)32-22-20(15)21(31)25-18(26-22)7-8-19(30)24-14-5-4-13(2)16(10-14)29-11-23-27-28-29/h4-5,10-12H,3,6-9H2,1-2H3,(H,24,30)(H,25,26,31).